The van der Waals surface area contributed by atoms with E-state index < -0.39 is 0 Å². The Hall–Kier alpha value is -4.20. The summed E-state index contributed by atoms with van der Waals surface area (Å²) in [7, 11) is 0. The fourth-order valence-corrected chi connectivity index (χ4v) is 2.76. The summed E-state index contributed by atoms with van der Waals surface area (Å²) in [6.07, 6.45) is 7.16. The number of hydrogen-bond acceptors (Lipinski definition) is 6. The Labute approximate surface area is 160 Å². The lowest BCUT2D eigenvalue weighted by atomic mass is 10.2. The summed E-state index contributed by atoms with van der Waals surface area (Å²) in [6.45, 7) is 0. The van der Waals surface area contributed by atoms with Gasteiger partial charge in [0.1, 0.15) is 22.8 Å². The van der Waals surface area contributed by atoms with Crippen LogP contribution in [-0.4, -0.2) is 39.7 Å². The molecule has 8 heteroatoms. The molecule has 8 nitrogen and oxygen atoms in total. The Morgan fingerprint density at radius 2 is 1.00 bits per heavy atom. The molecule has 0 N–H and O–H groups in total. The first-order chi connectivity index (χ1) is 13.9. The summed E-state index contributed by atoms with van der Waals surface area (Å²) in [6, 6.07) is 18.9. The van der Waals surface area contributed by atoms with Gasteiger partial charge in [0, 0.05) is 24.8 Å². The maximum absolute atomic E-state index is 4.52. The van der Waals surface area contributed by atoms with Crippen molar-refractivity contribution in [2.24, 2.45) is 0 Å². The quantitative estimate of drug-likeness (QED) is 0.486. The Balaban J connectivity index is 1.40. The molecule has 0 saturated carbocycles. The van der Waals surface area contributed by atoms with Crippen LogP contribution in [0.15, 0.2) is 85.5 Å². The molecule has 28 heavy (non-hydrogen) atoms. The second-order valence-electron chi connectivity index (χ2n) is 5.97. The van der Waals surface area contributed by atoms with Crippen molar-refractivity contribution in [3.05, 3.63) is 85.5 Å². The maximum Gasteiger partial charge on any atom is 0.153 e. The minimum Gasteiger partial charge on any atom is -0.237 e. The smallest absolute Gasteiger partial charge is 0.153 e. The molecule has 0 unspecified atom stereocenters. The summed E-state index contributed by atoms with van der Waals surface area (Å²) in [5.74, 6) is 1.50. The molecule has 0 spiro atoms. The minimum absolute atomic E-state index is 0.683. The lowest BCUT2D eigenvalue weighted by Gasteiger charge is -2.00. The van der Waals surface area contributed by atoms with Crippen LogP contribution in [-0.2, 0) is 0 Å². The average Bonchev–Trinajstić information content (AvgIpc) is 3.46. The first-order valence-corrected chi connectivity index (χ1v) is 8.65. The van der Waals surface area contributed by atoms with Gasteiger partial charge in [0.25, 0.3) is 0 Å². The second-order valence-corrected chi connectivity index (χ2v) is 5.97. The van der Waals surface area contributed by atoms with E-state index in [0.717, 1.165) is 23.0 Å². The van der Waals surface area contributed by atoms with Crippen LogP contribution in [0.2, 0.25) is 0 Å². The van der Waals surface area contributed by atoms with E-state index in [-0.39, 0.29) is 0 Å². The van der Waals surface area contributed by atoms with Gasteiger partial charge in [0.05, 0.1) is 0 Å². The van der Waals surface area contributed by atoms with Gasteiger partial charge >= 0.3 is 0 Å². The zero-order valence-corrected chi connectivity index (χ0v) is 14.7. The third-order valence-electron chi connectivity index (χ3n) is 4.14. The molecule has 0 amide bonds. The lowest BCUT2D eigenvalue weighted by Crippen LogP contribution is -1.99. The van der Waals surface area contributed by atoms with Gasteiger partial charge < -0.3 is 0 Å². The van der Waals surface area contributed by atoms with Crippen LogP contribution >= 0.6 is 0 Å². The van der Waals surface area contributed by atoms with Crippen molar-refractivity contribution in [3.63, 3.8) is 0 Å². The first kappa shape index (κ1) is 16.0. The molecule has 0 aliphatic carbocycles. The van der Waals surface area contributed by atoms with Crippen LogP contribution in [0.1, 0.15) is 0 Å². The van der Waals surface area contributed by atoms with Gasteiger partial charge in [-0.1, -0.05) is 12.1 Å². The van der Waals surface area contributed by atoms with Crippen molar-refractivity contribution in [1.82, 2.24) is 39.7 Å². The van der Waals surface area contributed by atoms with E-state index in [1.807, 2.05) is 73.1 Å². The Morgan fingerprint density at radius 1 is 0.500 bits per heavy atom. The van der Waals surface area contributed by atoms with Crippen LogP contribution in [0.3, 0.4) is 0 Å². The summed E-state index contributed by atoms with van der Waals surface area (Å²) in [5, 5.41) is 17.6. The van der Waals surface area contributed by atoms with Crippen molar-refractivity contribution in [2.75, 3.05) is 0 Å². The highest BCUT2D eigenvalue weighted by molar-refractivity contribution is 5.58. The van der Waals surface area contributed by atoms with Crippen molar-refractivity contribution in [3.8, 4) is 34.4 Å². The molecule has 0 atom stereocenters. The zero-order valence-electron chi connectivity index (χ0n) is 14.7. The predicted molar refractivity (Wildman–Crippen MR) is 103 cm³/mol. The van der Waals surface area contributed by atoms with Crippen LogP contribution < -0.4 is 0 Å². The standard InChI is InChI=1S/C20H14N8/c1-3-11-21-19(5-1)27-13-9-17(25-27)15-7-8-16(24-23-15)18-10-14-28(26-18)20-6-2-4-12-22-20/h1-14H. The van der Waals surface area contributed by atoms with Gasteiger partial charge in [-0.2, -0.15) is 10.2 Å². The molecule has 0 aliphatic heterocycles. The molecule has 0 radical (unpaired) electrons. The fraction of sp³-hybridized carbons (Fsp3) is 0. The van der Waals surface area contributed by atoms with Gasteiger partial charge in [0.15, 0.2) is 11.6 Å². The van der Waals surface area contributed by atoms with E-state index in [0.29, 0.717) is 11.4 Å². The van der Waals surface area contributed by atoms with Gasteiger partial charge in [-0.25, -0.2) is 19.3 Å². The molecule has 5 rings (SSSR count). The van der Waals surface area contributed by atoms with Gasteiger partial charge in [-0.05, 0) is 48.5 Å². The molecule has 5 heterocycles. The topological polar surface area (TPSA) is 87.2 Å². The predicted octanol–water partition coefficient (Wildman–Crippen LogP) is 2.97. The highest BCUT2D eigenvalue weighted by Crippen LogP contribution is 2.19. The van der Waals surface area contributed by atoms with E-state index in [1.165, 1.54) is 0 Å². The number of hydrogen-bond donors (Lipinski definition) is 0. The molecule has 134 valence electrons. The molecular weight excluding hydrogens is 352 g/mol. The van der Waals surface area contributed by atoms with Crippen LogP contribution in [0.25, 0.3) is 34.4 Å². The van der Waals surface area contributed by atoms with E-state index >= 15 is 0 Å². The van der Waals surface area contributed by atoms with Crippen molar-refractivity contribution < 1.29 is 0 Å². The molecule has 0 aliphatic rings. The molecule has 5 aromatic heterocycles. The molecule has 0 aromatic carbocycles. The third-order valence-corrected chi connectivity index (χ3v) is 4.14. The Morgan fingerprint density at radius 3 is 1.39 bits per heavy atom. The molecular formula is C20H14N8. The van der Waals surface area contributed by atoms with Crippen LogP contribution in [0.4, 0.5) is 0 Å². The average molecular weight is 366 g/mol. The van der Waals surface area contributed by atoms with Crippen molar-refractivity contribution >= 4 is 0 Å². The summed E-state index contributed by atoms with van der Waals surface area (Å²) >= 11 is 0. The van der Waals surface area contributed by atoms with Crippen molar-refractivity contribution in [2.45, 2.75) is 0 Å². The SMILES string of the molecule is c1ccc(-n2ccc(-c3ccc(-c4ccn(-c5ccccn5)n4)nn3)n2)nc1. The molecule has 0 bridgehead atoms. The van der Waals surface area contributed by atoms with Gasteiger partial charge in [-0.3, -0.25) is 0 Å². The van der Waals surface area contributed by atoms with E-state index in [4.69, 9.17) is 0 Å². The van der Waals surface area contributed by atoms with E-state index in [2.05, 4.69) is 30.4 Å². The van der Waals surface area contributed by atoms with E-state index in [1.54, 1.807) is 21.8 Å². The zero-order chi connectivity index (χ0) is 18.8. The fourth-order valence-electron chi connectivity index (χ4n) is 2.76. The Bertz CT molecular complexity index is 1100. The number of pyridine rings is 2. The number of aromatic nitrogens is 8. The maximum atomic E-state index is 4.52. The minimum atomic E-state index is 0.683. The Kier molecular flexibility index (Phi) is 3.91. The van der Waals surface area contributed by atoms with E-state index in [9.17, 15) is 0 Å². The normalized spacial score (nSPS) is 10.9. The number of rotatable bonds is 4. The highest BCUT2D eigenvalue weighted by atomic mass is 15.3. The second kappa shape index (κ2) is 6.84. The summed E-state index contributed by atoms with van der Waals surface area (Å²) < 4.78 is 3.42. The van der Waals surface area contributed by atoms with Gasteiger partial charge in [-0.15, -0.1) is 10.2 Å². The molecule has 0 saturated heterocycles. The highest BCUT2D eigenvalue weighted by Gasteiger charge is 2.10. The first-order valence-electron chi connectivity index (χ1n) is 8.65. The van der Waals surface area contributed by atoms with Crippen LogP contribution in [0.5, 0.6) is 0 Å². The molecule has 5 aromatic rings. The van der Waals surface area contributed by atoms with Crippen LogP contribution in [0, 0.1) is 0 Å². The lowest BCUT2D eigenvalue weighted by molar-refractivity contribution is 0.843. The number of nitrogens with zero attached hydrogens (tertiary/aromatic N) is 8. The van der Waals surface area contributed by atoms with Gasteiger partial charge in [0.2, 0.25) is 0 Å². The summed E-state index contributed by atoms with van der Waals surface area (Å²) in [5.41, 5.74) is 2.82. The molecule has 0 fully saturated rings. The van der Waals surface area contributed by atoms with Crippen molar-refractivity contribution in [1.29, 1.82) is 0 Å². The monoisotopic (exact) mass is 366 g/mol. The third kappa shape index (κ3) is 3.03. The largest absolute Gasteiger partial charge is 0.237 e. The summed E-state index contributed by atoms with van der Waals surface area (Å²) in [4.78, 5) is 8.57.